The lowest BCUT2D eigenvalue weighted by Crippen LogP contribution is -2.47. The van der Waals surface area contributed by atoms with Crippen LogP contribution in [0.4, 0.5) is 11.6 Å². The number of aromatic amines is 1. The first-order valence-corrected chi connectivity index (χ1v) is 11.2. The number of nitrogens with one attached hydrogen (secondary N) is 1. The average Bonchev–Trinajstić information content (AvgIpc) is 3.13. The summed E-state index contributed by atoms with van der Waals surface area (Å²) in [6, 6.07) is 7.44. The van der Waals surface area contributed by atoms with Gasteiger partial charge in [0.05, 0.1) is 15.9 Å². The van der Waals surface area contributed by atoms with Gasteiger partial charge in [0.2, 0.25) is 5.95 Å². The van der Waals surface area contributed by atoms with Crippen molar-refractivity contribution in [3.8, 4) is 0 Å². The lowest BCUT2D eigenvalue weighted by atomic mass is 10.1. The lowest BCUT2D eigenvalue weighted by Gasteiger charge is -2.36. The van der Waals surface area contributed by atoms with E-state index >= 15 is 0 Å². The van der Waals surface area contributed by atoms with Gasteiger partial charge in [-0.3, -0.25) is 0 Å². The minimum Gasteiger partial charge on any atom is -0.506 e. The molecule has 3 aromatic heterocycles. The van der Waals surface area contributed by atoms with Crippen LogP contribution in [0.5, 0.6) is 0 Å². The topological polar surface area (TPSA) is 81.2 Å². The van der Waals surface area contributed by atoms with Crippen LogP contribution in [0.25, 0.3) is 27.7 Å². The van der Waals surface area contributed by atoms with Crippen LogP contribution in [0, 0.1) is 0 Å². The summed E-state index contributed by atoms with van der Waals surface area (Å²) in [5, 5.41) is 13.1. The maximum Gasteiger partial charge on any atom is 0.227 e. The van der Waals surface area contributed by atoms with Crippen molar-refractivity contribution in [1.29, 1.82) is 0 Å². The Morgan fingerprint density at radius 2 is 1.84 bits per heavy atom. The van der Waals surface area contributed by atoms with E-state index in [0.717, 1.165) is 65.9 Å². The number of halogens is 2. The van der Waals surface area contributed by atoms with Crippen LogP contribution in [0.3, 0.4) is 0 Å². The predicted octanol–water partition coefficient (Wildman–Crippen LogP) is 5.23. The standard InChI is InChI=1S/C23H22Cl2N6O/c1-3-17-21(25)16-12-26-23(29-22(16)28-17)31-8-6-30(7-9-31)20-11-19(13(2)32)27-18-5-4-14(24)10-15(18)20/h4-5,10-12,32H,2-3,6-9H2,1H3,(H,26,28,29). The molecule has 0 saturated carbocycles. The van der Waals surface area contributed by atoms with Crippen LogP contribution < -0.4 is 9.80 Å². The summed E-state index contributed by atoms with van der Waals surface area (Å²) in [4.78, 5) is 21.5. The zero-order valence-corrected chi connectivity index (χ0v) is 19.1. The second-order valence-corrected chi connectivity index (χ2v) is 8.63. The quantitative estimate of drug-likeness (QED) is 0.399. The molecule has 7 nitrogen and oxygen atoms in total. The minimum absolute atomic E-state index is 0.0560. The Morgan fingerprint density at radius 3 is 2.56 bits per heavy atom. The number of rotatable bonds is 4. The number of aliphatic hydroxyl groups excluding tert-OH is 1. The van der Waals surface area contributed by atoms with Gasteiger partial charge in [0.15, 0.2) is 0 Å². The van der Waals surface area contributed by atoms with Crippen molar-refractivity contribution in [1.82, 2.24) is 19.9 Å². The second kappa shape index (κ2) is 8.15. The number of benzene rings is 1. The molecule has 1 fully saturated rings. The van der Waals surface area contributed by atoms with Crippen LogP contribution >= 0.6 is 23.2 Å². The van der Waals surface area contributed by atoms with Gasteiger partial charge >= 0.3 is 0 Å². The molecule has 0 bridgehead atoms. The highest BCUT2D eigenvalue weighted by atomic mass is 35.5. The van der Waals surface area contributed by atoms with Crippen LogP contribution in [0.15, 0.2) is 37.0 Å². The maximum atomic E-state index is 9.94. The maximum absolute atomic E-state index is 9.94. The number of fused-ring (bicyclic) bond motifs is 2. The molecular formula is C23H22Cl2N6O. The zero-order chi connectivity index (χ0) is 22.4. The Labute approximate surface area is 195 Å². The van der Waals surface area contributed by atoms with Crippen molar-refractivity contribution in [2.45, 2.75) is 13.3 Å². The number of pyridine rings is 1. The van der Waals surface area contributed by atoms with Gasteiger partial charge in [-0.1, -0.05) is 36.7 Å². The molecule has 0 aliphatic carbocycles. The van der Waals surface area contributed by atoms with Gasteiger partial charge in [0, 0.05) is 54.2 Å². The van der Waals surface area contributed by atoms with Gasteiger partial charge < -0.3 is 19.9 Å². The van der Waals surface area contributed by atoms with Crippen LogP contribution in [0.2, 0.25) is 10.0 Å². The van der Waals surface area contributed by atoms with Gasteiger partial charge in [-0.05, 0) is 30.7 Å². The van der Waals surface area contributed by atoms with Crippen molar-refractivity contribution in [2.24, 2.45) is 0 Å². The highest BCUT2D eigenvalue weighted by Crippen LogP contribution is 2.32. The third-order valence-corrected chi connectivity index (χ3v) is 6.51. The number of aliphatic hydroxyl groups is 1. The third-order valence-electron chi connectivity index (χ3n) is 5.85. The van der Waals surface area contributed by atoms with E-state index in [9.17, 15) is 5.11 Å². The molecule has 2 N–H and O–H groups in total. The Bertz CT molecular complexity index is 1340. The normalized spacial score (nSPS) is 14.5. The number of piperazine rings is 1. The number of nitrogens with zero attached hydrogens (tertiary/aromatic N) is 5. The summed E-state index contributed by atoms with van der Waals surface area (Å²) in [7, 11) is 0. The SMILES string of the molecule is C=C(O)c1cc(N2CCN(c3ncc4c(Cl)c(CC)[nH]c4n3)CC2)c2cc(Cl)ccc2n1. The summed E-state index contributed by atoms with van der Waals surface area (Å²) in [5.74, 6) is 0.629. The van der Waals surface area contributed by atoms with Gasteiger partial charge in [0.1, 0.15) is 17.1 Å². The monoisotopic (exact) mass is 468 g/mol. The Hall–Kier alpha value is -3.03. The first-order valence-electron chi connectivity index (χ1n) is 10.5. The number of aryl methyl sites for hydroxylation is 1. The number of hydrogen-bond donors (Lipinski definition) is 2. The van der Waals surface area contributed by atoms with E-state index in [1.807, 2.05) is 18.2 Å². The largest absolute Gasteiger partial charge is 0.506 e. The van der Waals surface area contributed by atoms with E-state index in [0.29, 0.717) is 21.7 Å². The van der Waals surface area contributed by atoms with Gasteiger partial charge in [0.25, 0.3) is 0 Å². The molecule has 4 heterocycles. The fraction of sp³-hybridized carbons (Fsp3) is 0.261. The molecule has 164 valence electrons. The molecule has 0 atom stereocenters. The number of H-pyrrole nitrogens is 1. The van der Waals surface area contributed by atoms with E-state index in [2.05, 4.69) is 38.3 Å². The van der Waals surface area contributed by atoms with E-state index in [1.165, 1.54) is 0 Å². The van der Waals surface area contributed by atoms with E-state index in [4.69, 9.17) is 28.2 Å². The highest BCUT2D eigenvalue weighted by Gasteiger charge is 2.23. The van der Waals surface area contributed by atoms with Gasteiger partial charge in [-0.2, -0.15) is 4.98 Å². The summed E-state index contributed by atoms with van der Waals surface area (Å²) < 4.78 is 0. The molecule has 32 heavy (non-hydrogen) atoms. The van der Waals surface area contributed by atoms with Crippen molar-refractivity contribution in [2.75, 3.05) is 36.0 Å². The number of hydrogen-bond acceptors (Lipinski definition) is 6. The number of anilines is 2. The summed E-state index contributed by atoms with van der Waals surface area (Å²) >= 11 is 12.7. The molecule has 1 aromatic carbocycles. The van der Waals surface area contributed by atoms with Crippen LogP contribution in [-0.4, -0.2) is 51.2 Å². The summed E-state index contributed by atoms with van der Waals surface area (Å²) in [5.41, 5.74) is 3.94. The predicted molar refractivity (Wildman–Crippen MR) is 131 cm³/mol. The molecule has 1 aliphatic heterocycles. The van der Waals surface area contributed by atoms with Crippen molar-refractivity contribution in [3.05, 3.63) is 58.5 Å². The molecule has 1 saturated heterocycles. The summed E-state index contributed by atoms with van der Waals surface area (Å²) in [6.07, 6.45) is 2.61. The highest BCUT2D eigenvalue weighted by molar-refractivity contribution is 6.36. The molecule has 0 spiro atoms. The van der Waals surface area contributed by atoms with E-state index < -0.39 is 0 Å². The average molecular weight is 469 g/mol. The minimum atomic E-state index is -0.0560. The van der Waals surface area contributed by atoms with E-state index in [-0.39, 0.29) is 5.76 Å². The Balaban J connectivity index is 1.42. The van der Waals surface area contributed by atoms with Gasteiger partial charge in [-0.15, -0.1) is 0 Å². The Morgan fingerprint density at radius 1 is 1.09 bits per heavy atom. The molecule has 0 amide bonds. The summed E-state index contributed by atoms with van der Waals surface area (Å²) in [6.45, 7) is 8.71. The smallest absolute Gasteiger partial charge is 0.227 e. The van der Waals surface area contributed by atoms with Crippen LogP contribution in [-0.2, 0) is 6.42 Å². The Kier molecular flexibility index (Phi) is 5.31. The van der Waals surface area contributed by atoms with Crippen LogP contribution in [0.1, 0.15) is 18.3 Å². The molecule has 4 aromatic rings. The lowest BCUT2D eigenvalue weighted by molar-refractivity contribution is 0.511. The third kappa shape index (κ3) is 3.61. The fourth-order valence-corrected chi connectivity index (χ4v) is 4.61. The molecule has 0 radical (unpaired) electrons. The fourth-order valence-electron chi connectivity index (χ4n) is 4.12. The number of aromatic nitrogens is 4. The first kappa shape index (κ1) is 20.8. The van der Waals surface area contributed by atoms with Gasteiger partial charge in [-0.25, -0.2) is 9.97 Å². The first-order chi connectivity index (χ1) is 15.4. The van der Waals surface area contributed by atoms with Crippen molar-refractivity contribution >= 4 is 62.5 Å². The molecule has 9 heteroatoms. The van der Waals surface area contributed by atoms with Crippen molar-refractivity contribution < 1.29 is 5.11 Å². The molecule has 5 rings (SSSR count). The molecule has 1 aliphatic rings. The second-order valence-electron chi connectivity index (χ2n) is 7.81. The van der Waals surface area contributed by atoms with E-state index in [1.54, 1.807) is 12.3 Å². The molecular weight excluding hydrogens is 447 g/mol. The van der Waals surface area contributed by atoms with Crippen molar-refractivity contribution in [3.63, 3.8) is 0 Å². The molecule has 0 unspecified atom stereocenters. The zero-order valence-electron chi connectivity index (χ0n) is 17.6.